The highest BCUT2D eigenvalue weighted by atomic mass is 16.5. The summed E-state index contributed by atoms with van der Waals surface area (Å²) in [5.41, 5.74) is 5.60. The van der Waals surface area contributed by atoms with Crippen LogP contribution in [0.5, 0.6) is 0 Å². The van der Waals surface area contributed by atoms with Gasteiger partial charge in [0.2, 0.25) is 5.82 Å². The molecule has 0 radical (unpaired) electrons. The predicted octanol–water partition coefficient (Wildman–Crippen LogP) is 0.856. The van der Waals surface area contributed by atoms with Crippen molar-refractivity contribution in [2.75, 3.05) is 35.6 Å². The van der Waals surface area contributed by atoms with Crippen LogP contribution in [0.3, 0.4) is 0 Å². The van der Waals surface area contributed by atoms with E-state index in [0.717, 1.165) is 25.9 Å². The largest absolute Gasteiger partial charge is 0.754 e. The highest BCUT2D eigenvalue weighted by molar-refractivity contribution is 5.83. The van der Waals surface area contributed by atoms with Crippen LogP contribution in [-0.2, 0) is 4.74 Å². The summed E-state index contributed by atoms with van der Waals surface area (Å²) in [6.07, 6.45) is 2.66. The molecule has 1 amide bonds. The Morgan fingerprint density at radius 3 is 2.90 bits per heavy atom. The van der Waals surface area contributed by atoms with Crippen LogP contribution >= 0.6 is 0 Å². The van der Waals surface area contributed by atoms with Gasteiger partial charge >= 0.3 is 12.0 Å². The number of amides is 1. The summed E-state index contributed by atoms with van der Waals surface area (Å²) in [4.78, 5) is 17.5. The summed E-state index contributed by atoms with van der Waals surface area (Å²) >= 11 is 0. The SMILES string of the molecule is CCOC(=O)Nc1cc(N2CCCCC2)nc(N)[n+]1[O-]. The number of nitrogens with zero attached hydrogens (tertiary/aromatic N) is 3. The second kappa shape index (κ2) is 6.27. The predicted molar refractivity (Wildman–Crippen MR) is 74.3 cm³/mol. The van der Waals surface area contributed by atoms with E-state index in [1.165, 1.54) is 12.5 Å². The number of hydrogen-bond acceptors (Lipinski definition) is 6. The molecule has 2 rings (SSSR count). The Labute approximate surface area is 117 Å². The second-order valence-electron chi connectivity index (χ2n) is 4.55. The molecule has 0 bridgehead atoms. The summed E-state index contributed by atoms with van der Waals surface area (Å²) in [6, 6.07) is 1.52. The monoisotopic (exact) mass is 281 g/mol. The third-order valence-corrected chi connectivity index (χ3v) is 3.11. The van der Waals surface area contributed by atoms with Gasteiger partial charge in [-0.2, -0.15) is 0 Å². The summed E-state index contributed by atoms with van der Waals surface area (Å²) in [7, 11) is 0. The van der Waals surface area contributed by atoms with E-state index < -0.39 is 6.09 Å². The number of aromatic nitrogens is 2. The van der Waals surface area contributed by atoms with E-state index in [1.54, 1.807) is 6.92 Å². The Kier molecular flexibility index (Phi) is 4.44. The summed E-state index contributed by atoms with van der Waals surface area (Å²) < 4.78 is 5.13. The van der Waals surface area contributed by atoms with Gasteiger partial charge in [0.15, 0.2) is 5.82 Å². The molecule has 0 unspecified atom stereocenters. The van der Waals surface area contributed by atoms with Crippen molar-refractivity contribution in [3.8, 4) is 0 Å². The van der Waals surface area contributed by atoms with Crippen molar-refractivity contribution in [3.05, 3.63) is 11.3 Å². The van der Waals surface area contributed by atoms with Gasteiger partial charge in [0.05, 0.1) is 12.7 Å². The first kappa shape index (κ1) is 14.2. The van der Waals surface area contributed by atoms with E-state index in [0.29, 0.717) is 10.5 Å². The minimum atomic E-state index is -0.688. The number of carbonyl (C=O) groups excluding carboxylic acids is 1. The number of nitrogens with one attached hydrogen (secondary N) is 1. The number of hydrogen-bond donors (Lipinski definition) is 2. The van der Waals surface area contributed by atoms with E-state index in [9.17, 15) is 10.0 Å². The number of rotatable bonds is 3. The fourth-order valence-electron chi connectivity index (χ4n) is 2.14. The molecule has 0 saturated carbocycles. The molecule has 0 spiro atoms. The minimum Gasteiger partial charge on any atom is -0.754 e. The topological polar surface area (TPSA) is 107 Å². The van der Waals surface area contributed by atoms with Gasteiger partial charge in [0.1, 0.15) is 0 Å². The van der Waals surface area contributed by atoms with Gasteiger partial charge in [0, 0.05) is 13.1 Å². The van der Waals surface area contributed by atoms with E-state index in [2.05, 4.69) is 15.2 Å². The first-order valence-electron chi connectivity index (χ1n) is 6.70. The van der Waals surface area contributed by atoms with E-state index in [-0.39, 0.29) is 18.4 Å². The molecule has 1 fully saturated rings. The van der Waals surface area contributed by atoms with Crippen molar-refractivity contribution in [1.82, 2.24) is 4.98 Å². The molecule has 1 aromatic rings. The molecular weight excluding hydrogens is 262 g/mol. The Bertz CT molecular complexity index is 488. The first-order chi connectivity index (χ1) is 9.61. The van der Waals surface area contributed by atoms with Gasteiger partial charge in [-0.3, -0.25) is 0 Å². The summed E-state index contributed by atoms with van der Waals surface area (Å²) in [6.45, 7) is 3.65. The smallest absolute Gasteiger partial charge is 0.458 e. The van der Waals surface area contributed by atoms with Crippen LogP contribution in [0.25, 0.3) is 0 Å². The molecular formula is C12H19N5O3. The van der Waals surface area contributed by atoms with Gasteiger partial charge in [-0.25, -0.2) is 14.8 Å². The van der Waals surface area contributed by atoms with Gasteiger partial charge in [-0.05, 0) is 26.2 Å². The highest BCUT2D eigenvalue weighted by Crippen LogP contribution is 2.20. The zero-order valence-corrected chi connectivity index (χ0v) is 11.5. The molecule has 3 N–H and O–H groups in total. The van der Waals surface area contributed by atoms with Crippen LogP contribution in [0.4, 0.5) is 22.4 Å². The average molecular weight is 281 g/mol. The van der Waals surface area contributed by atoms with Crippen LogP contribution in [0.1, 0.15) is 26.2 Å². The van der Waals surface area contributed by atoms with Crippen LogP contribution in [-0.4, -0.2) is 30.8 Å². The van der Waals surface area contributed by atoms with Crippen molar-refractivity contribution in [1.29, 1.82) is 0 Å². The third kappa shape index (κ3) is 3.19. The quantitative estimate of drug-likeness (QED) is 0.628. The summed E-state index contributed by atoms with van der Waals surface area (Å²) in [5, 5.41) is 14.2. The molecule has 1 saturated heterocycles. The third-order valence-electron chi connectivity index (χ3n) is 3.11. The highest BCUT2D eigenvalue weighted by Gasteiger charge is 2.19. The standard InChI is InChI=1S/C12H19N5O3/c1-2-20-12(18)15-10-8-9(14-11(13)17(10)19)16-6-4-3-5-7-16/h8H,2-7H2,1H3,(H2,13,14)(H,15,18). The van der Waals surface area contributed by atoms with Gasteiger partial charge in [0.25, 0.3) is 0 Å². The van der Waals surface area contributed by atoms with Gasteiger partial charge in [-0.15, -0.1) is 0 Å². The lowest BCUT2D eigenvalue weighted by Crippen LogP contribution is -2.39. The van der Waals surface area contributed by atoms with E-state index >= 15 is 0 Å². The zero-order chi connectivity index (χ0) is 14.5. The number of ether oxygens (including phenoxy) is 1. The Morgan fingerprint density at radius 2 is 2.25 bits per heavy atom. The lowest BCUT2D eigenvalue weighted by molar-refractivity contribution is -0.577. The summed E-state index contributed by atoms with van der Waals surface area (Å²) in [5.74, 6) is 0.428. The van der Waals surface area contributed by atoms with E-state index in [1.807, 2.05) is 0 Å². The molecule has 8 nitrogen and oxygen atoms in total. The second-order valence-corrected chi connectivity index (χ2v) is 4.55. The lowest BCUT2D eigenvalue weighted by Gasteiger charge is -2.27. The van der Waals surface area contributed by atoms with Crippen molar-refractivity contribution < 1.29 is 14.3 Å². The number of carbonyl (C=O) groups is 1. The molecule has 110 valence electrons. The normalized spacial score (nSPS) is 14.9. The van der Waals surface area contributed by atoms with Crippen molar-refractivity contribution in [2.24, 2.45) is 0 Å². The lowest BCUT2D eigenvalue weighted by atomic mass is 10.1. The molecule has 1 aliphatic heterocycles. The number of nitrogens with two attached hydrogens (primary N) is 1. The number of piperidine rings is 1. The fourth-order valence-corrected chi connectivity index (χ4v) is 2.14. The molecule has 2 heterocycles. The van der Waals surface area contributed by atoms with Crippen LogP contribution < -0.4 is 20.7 Å². The van der Waals surface area contributed by atoms with Crippen LogP contribution in [0.15, 0.2) is 6.07 Å². The number of nitrogen functional groups attached to an aromatic ring is 1. The molecule has 0 aromatic carbocycles. The van der Waals surface area contributed by atoms with E-state index in [4.69, 9.17) is 10.5 Å². The Balaban J connectivity index is 2.22. The maximum Gasteiger partial charge on any atom is 0.458 e. The molecule has 0 aliphatic carbocycles. The fraction of sp³-hybridized carbons (Fsp3) is 0.583. The van der Waals surface area contributed by atoms with Crippen molar-refractivity contribution >= 4 is 23.7 Å². The molecule has 0 atom stereocenters. The molecule has 1 aliphatic rings. The molecule has 1 aromatic heterocycles. The Hall–Kier alpha value is -2.25. The average Bonchev–Trinajstić information content (AvgIpc) is 2.45. The van der Waals surface area contributed by atoms with Crippen molar-refractivity contribution in [3.63, 3.8) is 0 Å². The van der Waals surface area contributed by atoms with Gasteiger partial charge < -0.3 is 20.6 Å². The number of anilines is 3. The minimum absolute atomic E-state index is 0.0246. The zero-order valence-electron chi connectivity index (χ0n) is 11.5. The van der Waals surface area contributed by atoms with Crippen LogP contribution in [0, 0.1) is 5.21 Å². The maximum atomic E-state index is 11.8. The van der Waals surface area contributed by atoms with Crippen LogP contribution in [0.2, 0.25) is 0 Å². The van der Waals surface area contributed by atoms with Crippen molar-refractivity contribution in [2.45, 2.75) is 26.2 Å². The van der Waals surface area contributed by atoms with Gasteiger partial charge in [-0.1, -0.05) is 4.98 Å². The molecule has 8 heteroatoms. The molecule has 20 heavy (non-hydrogen) atoms. The Morgan fingerprint density at radius 1 is 1.55 bits per heavy atom. The first-order valence-corrected chi connectivity index (χ1v) is 6.70. The maximum absolute atomic E-state index is 11.8.